The van der Waals surface area contributed by atoms with Crippen molar-refractivity contribution >= 4 is 34.4 Å². The number of hydrogen-bond acceptors (Lipinski definition) is 6. The number of carbonyl (C=O) groups excluding carboxylic acids is 2. The van der Waals surface area contributed by atoms with Crippen LogP contribution in [0.15, 0.2) is 29.4 Å². The van der Waals surface area contributed by atoms with E-state index in [2.05, 4.69) is 5.10 Å². The normalized spacial score (nSPS) is 32.5. The molecule has 0 radical (unpaired) electrons. The van der Waals surface area contributed by atoms with E-state index in [1.165, 1.54) is 12.3 Å². The van der Waals surface area contributed by atoms with Gasteiger partial charge in [0.25, 0.3) is 11.8 Å². The molecule has 7 nitrogen and oxygen atoms in total. The summed E-state index contributed by atoms with van der Waals surface area (Å²) < 4.78 is 0. The maximum atomic E-state index is 12.4. The zero-order valence-corrected chi connectivity index (χ0v) is 12.1. The van der Waals surface area contributed by atoms with Crippen LogP contribution in [0.25, 0.3) is 0 Å². The van der Waals surface area contributed by atoms with Crippen LogP contribution in [0.5, 0.6) is 0 Å². The second-order valence-corrected chi connectivity index (χ2v) is 6.76. The minimum absolute atomic E-state index is 0.000334. The van der Waals surface area contributed by atoms with Gasteiger partial charge in [0, 0.05) is 6.07 Å². The Bertz CT molecular complexity index is 723. The molecule has 2 bridgehead atoms. The minimum atomic E-state index is -0.484. The summed E-state index contributed by atoms with van der Waals surface area (Å²) >= 11 is 0.952. The van der Waals surface area contributed by atoms with E-state index in [-0.39, 0.29) is 40.5 Å². The predicted octanol–water partition coefficient (Wildman–Crippen LogP) is 1.80. The molecule has 1 saturated heterocycles. The molecule has 4 atom stereocenters. The molecule has 2 amide bonds. The van der Waals surface area contributed by atoms with Gasteiger partial charge in [0.1, 0.15) is 0 Å². The van der Waals surface area contributed by atoms with Gasteiger partial charge in [-0.3, -0.25) is 19.7 Å². The van der Waals surface area contributed by atoms with Gasteiger partial charge in [0.2, 0.25) is 0 Å². The summed E-state index contributed by atoms with van der Waals surface area (Å²) in [5, 5.41) is 15.6. The van der Waals surface area contributed by atoms with Crippen LogP contribution in [0.2, 0.25) is 0 Å². The Balaban J connectivity index is 1.56. The molecule has 0 aromatic carbocycles. The van der Waals surface area contributed by atoms with E-state index in [0.29, 0.717) is 4.88 Å². The first kappa shape index (κ1) is 13.3. The van der Waals surface area contributed by atoms with E-state index >= 15 is 0 Å². The summed E-state index contributed by atoms with van der Waals surface area (Å²) in [6, 6.07) is 2.92. The van der Waals surface area contributed by atoms with Crippen LogP contribution in [-0.2, 0) is 9.59 Å². The van der Waals surface area contributed by atoms with Gasteiger partial charge in [-0.1, -0.05) is 23.5 Å². The molecule has 3 aliphatic rings. The highest BCUT2D eigenvalue weighted by Gasteiger charge is 2.59. The molecule has 8 heteroatoms. The highest BCUT2D eigenvalue weighted by molar-refractivity contribution is 7.16. The van der Waals surface area contributed by atoms with Crippen LogP contribution in [0, 0.1) is 33.8 Å². The lowest BCUT2D eigenvalue weighted by atomic mass is 9.85. The molecule has 2 heterocycles. The SMILES string of the molecule is O=C1[C@@H]2[C@@H](C(=O)N1/N=C\c1ccc([N+](=O)[O-])s1)[C@H]1C=C[C@H]2C1. The van der Waals surface area contributed by atoms with E-state index in [4.69, 9.17) is 0 Å². The van der Waals surface area contributed by atoms with Crippen LogP contribution >= 0.6 is 11.3 Å². The predicted molar refractivity (Wildman–Crippen MR) is 78.1 cm³/mol. The molecule has 4 rings (SSSR count). The Morgan fingerprint density at radius 2 is 1.86 bits per heavy atom. The zero-order chi connectivity index (χ0) is 15.4. The lowest BCUT2D eigenvalue weighted by Crippen LogP contribution is -2.28. The third kappa shape index (κ3) is 1.77. The first-order valence-electron chi connectivity index (χ1n) is 6.90. The Morgan fingerprint density at radius 1 is 1.23 bits per heavy atom. The van der Waals surface area contributed by atoms with Crippen molar-refractivity contribution in [2.45, 2.75) is 6.42 Å². The lowest BCUT2D eigenvalue weighted by Gasteiger charge is -2.13. The monoisotopic (exact) mass is 317 g/mol. The summed E-state index contributed by atoms with van der Waals surface area (Å²) in [4.78, 5) is 35.4. The van der Waals surface area contributed by atoms with Crippen LogP contribution in [0.4, 0.5) is 5.00 Å². The van der Waals surface area contributed by atoms with Crippen molar-refractivity contribution in [2.24, 2.45) is 28.8 Å². The van der Waals surface area contributed by atoms with Gasteiger partial charge < -0.3 is 0 Å². The standard InChI is InChI=1S/C14H11N3O4S/c18-13-11-7-1-2-8(5-7)12(11)14(19)16(13)15-6-9-3-4-10(22-9)17(20)21/h1-4,6-8,11-12H,5H2/b15-6-/t7-,8-,11-,12-/m0/s1. The average molecular weight is 317 g/mol. The van der Waals surface area contributed by atoms with E-state index in [0.717, 1.165) is 22.8 Å². The third-order valence-electron chi connectivity index (χ3n) is 4.54. The van der Waals surface area contributed by atoms with Gasteiger partial charge in [0.05, 0.1) is 27.9 Å². The fourth-order valence-corrected chi connectivity index (χ4v) is 4.31. The average Bonchev–Trinajstić information content (AvgIpc) is 3.23. The maximum Gasteiger partial charge on any atom is 0.324 e. The van der Waals surface area contributed by atoms with E-state index in [9.17, 15) is 19.7 Å². The first-order valence-corrected chi connectivity index (χ1v) is 7.72. The van der Waals surface area contributed by atoms with Crippen molar-refractivity contribution in [3.8, 4) is 0 Å². The molecule has 22 heavy (non-hydrogen) atoms. The molecule has 2 fully saturated rings. The van der Waals surface area contributed by atoms with Gasteiger partial charge >= 0.3 is 5.00 Å². The van der Waals surface area contributed by atoms with Crippen molar-refractivity contribution in [1.82, 2.24) is 5.01 Å². The highest BCUT2D eigenvalue weighted by atomic mass is 32.1. The second kappa shape index (κ2) is 4.57. The largest absolute Gasteiger partial charge is 0.324 e. The van der Waals surface area contributed by atoms with E-state index in [1.54, 1.807) is 6.07 Å². The Morgan fingerprint density at radius 3 is 2.41 bits per heavy atom. The third-order valence-corrected chi connectivity index (χ3v) is 5.51. The Kier molecular flexibility index (Phi) is 2.77. The number of fused-ring (bicyclic) bond motifs is 5. The molecule has 1 aliphatic heterocycles. The quantitative estimate of drug-likeness (QED) is 0.279. The number of thiophene rings is 1. The molecule has 112 valence electrons. The topological polar surface area (TPSA) is 92.9 Å². The fourth-order valence-electron chi connectivity index (χ4n) is 3.62. The molecular weight excluding hydrogens is 306 g/mol. The molecule has 0 spiro atoms. The van der Waals surface area contributed by atoms with Gasteiger partial charge in [-0.2, -0.15) is 10.1 Å². The summed E-state index contributed by atoms with van der Waals surface area (Å²) in [7, 11) is 0. The van der Waals surface area contributed by atoms with E-state index in [1.807, 2.05) is 12.2 Å². The van der Waals surface area contributed by atoms with Crippen LogP contribution in [0.1, 0.15) is 11.3 Å². The van der Waals surface area contributed by atoms with Crippen molar-refractivity contribution in [3.05, 3.63) is 39.3 Å². The van der Waals surface area contributed by atoms with Crippen LogP contribution in [0.3, 0.4) is 0 Å². The van der Waals surface area contributed by atoms with Crippen molar-refractivity contribution < 1.29 is 14.5 Å². The molecule has 0 unspecified atom stereocenters. The highest BCUT2D eigenvalue weighted by Crippen LogP contribution is 2.52. The van der Waals surface area contributed by atoms with E-state index < -0.39 is 4.92 Å². The van der Waals surface area contributed by atoms with Crippen LogP contribution in [-0.4, -0.2) is 28.0 Å². The second-order valence-electron chi connectivity index (χ2n) is 5.67. The van der Waals surface area contributed by atoms with Crippen LogP contribution < -0.4 is 0 Å². The van der Waals surface area contributed by atoms with Gasteiger partial charge in [-0.25, -0.2) is 0 Å². The van der Waals surface area contributed by atoms with Crippen molar-refractivity contribution in [3.63, 3.8) is 0 Å². The summed E-state index contributed by atoms with van der Waals surface area (Å²) in [5.74, 6) is -0.776. The molecular formula is C14H11N3O4S. The molecule has 2 aliphatic carbocycles. The van der Waals surface area contributed by atoms with Crippen molar-refractivity contribution in [1.29, 1.82) is 0 Å². The first-order chi connectivity index (χ1) is 10.6. The van der Waals surface area contributed by atoms with Gasteiger partial charge in [0.15, 0.2) is 0 Å². The number of rotatable bonds is 3. The molecule has 0 N–H and O–H groups in total. The summed E-state index contributed by atoms with van der Waals surface area (Å²) in [6.07, 6.45) is 6.26. The number of nitrogens with zero attached hydrogens (tertiary/aromatic N) is 3. The Labute approximate surface area is 129 Å². The summed E-state index contributed by atoms with van der Waals surface area (Å²) in [6.45, 7) is 0. The van der Waals surface area contributed by atoms with Crippen molar-refractivity contribution in [2.75, 3.05) is 0 Å². The number of carbonyl (C=O) groups is 2. The maximum absolute atomic E-state index is 12.4. The van der Waals surface area contributed by atoms with Gasteiger partial charge in [-0.05, 0) is 24.3 Å². The number of hydrazone groups is 1. The number of nitro groups is 1. The number of amides is 2. The number of hydrogen-bond donors (Lipinski definition) is 0. The summed E-state index contributed by atoms with van der Waals surface area (Å²) in [5.41, 5.74) is 0. The fraction of sp³-hybridized carbons (Fsp3) is 0.357. The molecule has 1 aromatic rings. The lowest BCUT2D eigenvalue weighted by molar-refractivity contribution is -0.380. The number of imide groups is 1. The van der Waals surface area contributed by atoms with Gasteiger partial charge in [-0.15, -0.1) is 0 Å². The minimum Gasteiger partial charge on any atom is -0.272 e. The smallest absolute Gasteiger partial charge is 0.272 e. The number of allylic oxidation sites excluding steroid dienone is 2. The molecule has 1 saturated carbocycles. The Hall–Kier alpha value is -2.35. The zero-order valence-electron chi connectivity index (χ0n) is 11.3. The molecule has 1 aromatic heterocycles.